The van der Waals surface area contributed by atoms with Crippen LogP contribution in [-0.2, 0) is 0 Å². The molecule has 0 atom stereocenters. The van der Waals surface area contributed by atoms with Gasteiger partial charge < -0.3 is 11.1 Å². The number of nitrogens with two attached hydrogens (primary N) is 1. The number of anilines is 1. The van der Waals surface area contributed by atoms with E-state index in [-0.39, 0.29) is 5.91 Å². The number of nitrogens with zero attached hydrogens (tertiary/aromatic N) is 2. The van der Waals surface area contributed by atoms with Crippen LogP contribution in [0, 0.1) is 6.92 Å². The summed E-state index contributed by atoms with van der Waals surface area (Å²) in [5.74, 6) is -0.841. The molecule has 0 bridgehead atoms. The average molecular weight is 302 g/mol. The number of benzene rings is 1. The SMILES string of the molecule is CSc1nc(C)cc(C(=O)Nc2ccc(C(N)=O)cc2)n1. The van der Waals surface area contributed by atoms with E-state index in [2.05, 4.69) is 15.3 Å². The lowest BCUT2D eigenvalue weighted by atomic mass is 10.2. The van der Waals surface area contributed by atoms with Crippen LogP contribution < -0.4 is 11.1 Å². The summed E-state index contributed by atoms with van der Waals surface area (Å²) in [6.07, 6.45) is 1.85. The molecule has 0 aliphatic heterocycles. The molecule has 0 spiro atoms. The van der Waals surface area contributed by atoms with Gasteiger partial charge in [0.1, 0.15) is 5.69 Å². The van der Waals surface area contributed by atoms with Crippen molar-refractivity contribution in [2.24, 2.45) is 5.73 Å². The molecule has 108 valence electrons. The molecule has 3 N–H and O–H groups in total. The van der Waals surface area contributed by atoms with Gasteiger partial charge in [-0.25, -0.2) is 9.97 Å². The smallest absolute Gasteiger partial charge is 0.274 e. The van der Waals surface area contributed by atoms with Crippen molar-refractivity contribution in [3.63, 3.8) is 0 Å². The highest BCUT2D eigenvalue weighted by Crippen LogP contribution is 2.13. The number of thioether (sulfide) groups is 1. The number of carbonyl (C=O) groups excluding carboxylic acids is 2. The largest absolute Gasteiger partial charge is 0.366 e. The van der Waals surface area contributed by atoms with Crippen molar-refractivity contribution < 1.29 is 9.59 Å². The van der Waals surface area contributed by atoms with E-state index in [0.29, 0.717) is 22.1 Å². The van der Waals surface area contributed by atoms with Gasteiger partial charge >= 0.3 is 0 Å². The number of carbonyl (C=O) groups is 2. The predicted molar refractivity (Wildman–Crippen MR) is 81.5 cm³/mol. The third kappa shape index (κ3) is 3.79. The molecular weight excluding hydrogens is 288 g/mol. The van der Waals surface area contributed by atoms with Gasteiger partial charge in [0.05, 0.1) is 0 Å². The van der Waals surface area contributed by atoms with Gasteiger partial charge in [0.15, 0.2) is 5.16 Å². The first kappa shape index (κ1) is 15.0. The number of nitrogens with one attached hydrogen (secondary N) is 1. The fourth-order valence-electron chi connectivity index (χ4n) is 1.66. The summed E-state index contributed by atoms with van der Waals surface area (Å²) in [6.45, 7) is 1.81. The second-order valence-electron chi connectivity index (χ2n) is 4.28. The zero-order valence-electron chi connectivity index (χ0n) is 11.6. The Bertz CT molecular complexity index is 686. The Labute approximate surface area is 126 Å². The van der Waals surface area contributed by atoms with Gasteiger partial charge in [-0.1, -0.05) is 11.8 Å². The molecular formula is C14H14N4O2S. The van der Waals surface area contributed by atoms with Crippen LogP contribution in [0.4, 0.5) is 5.69 Å². The minimum atomic E-state index is -0.510. The van der Waals surface area contributed by atoms with E-state index in [1.807, 2.05) is 6.26 Å². The van der Waals surface area contributed by atoms with E-state index >= 15 is 0 Å². The Balaban J connectivity index is 2.17. The zero-order chi connectivity index (χ0) is 15.4. The van der Waals surface area contributed by atoms with Gasteiger partial charge in [0, 0.05) is 16.9 Å². The van der Waals surface area contributed by atoms with E-state index in [4.69, 9.17) is 5.73 Å². The number of primary amides is 1. The van der Waals surface area contributed by atoms with Gasteiger partial charge in [-0.2, -0.15) is 0 Å². The van der Waals surface area contributed by atoms with Crippen molar-refractivity contribution in [2.45, 2.75) is 12.1 Å². The van der Waals surface area contributed by atoms with Gasteiger partial charge in [0.2, 0.25) is 5.91 Å². The van der Waals surface area contributed by atoms with Gasteiger partial charge in [-0.3, -0.25) is 9.59 Å². The molecule has 0 saturated heterocycles. The summed E-state index contributed by atoms with van der Waals surface area (Å²) >= 11 is 1.37. The first-order valence-electron chi connectivity index (χ1n) is 6.10. The molecule has 0 aliphatic carbocycles. The second-order valence-corrected chi connectivity index (χ2v) is 5.05. The summed E-state index contributed by atoms with van der Waals surface area (Å²) in [5, 5.41) is 3.26. The lowest BCUT2D eigenvalue weighted by Gasteiger charge is -2.07. The van der Waals surface area contributed by atoms with Gasteiger partial charge in [0.25, 0.3) is 5.91 Å². The van der Waals surface area contributed by atoms with Crippen molar-refractivity contribution in [3.8, 4) is 0 Å². The fraction of sp³-hybridized carbons (Fsp3) is 0.143. The van der Waals surface area contributed by atoms with E-state index in [9.17, 15) is 9.59 Å². The number of rotatable bonds is 4. The van der Waals surface area contributed by atoms with Crippen LogP contribution in [0.2, 0.25) is 0 Å². The highest BCUT2D eigenvalue weighted by atomic mass is 32.2. The van der Waals surface area contributed by atoms with Crippen LogP contribution in [0.3, 0.4) is 0 Å². The summed E-state index contributed by atoms with van der Waals surface area (Å²) in [5.41, 5.74) is 7.13. The van der Waals surface area contributed by atoms with E-state index in [1.54, 1.807) is 37.3 Å². The molecule has 0 radical (unpaired) electrons. The minimum Gasteiger partial charge on any atom is -0.366 e. The number of aromatic nitrogens is 2. The maximum absolute atomic E-state index is 12.2. The molecule has 2 rings (SSSR count). The molecule has 7 heteroatoms. The predicted octanol–water partition coefficient (Wildman–Crippen LogP) is 1.86. The highest BCUT2D eigenvalue weighted by molar-refractivity contribution is 7.98. The number of amides is 2. The van der Waals surface area contributed by atoms with Crippen LogP contribution in [0.15, 0.2) is 35.5 Å². The monoisotopic (exact) mass is 302 g/mol. The van der Waals surface area contributed by atoms with E-state index in [1.165, 1.54) is 11.8 Å². The molecule has 6 nitrogen and oxygen atoms in total. The Morgan fingerprint density at radius 1 is 1.19 bits per heavy atom. The molecule has 1 aromatic carbocycles. The summed E-state index contributed by atoms with van der Waals surface area (Å²) in [7, 11) is 0. The average Bonchev–Trinajstić information content (AvgIpc) is 2.47. The summed E-state index contributed by atoms with van der Waals surface area (Å²) in [6, 6.07) is 7.95. The molecule has 21 heavy (non-hydrogen) atoms. The molecule has 0 aliphatic rings. The zero-order valence-corrected chi connectivity index (χ0v) is 12.4. The van der Waals surface area contributed by atoms with Gasteiger partial charge in [-0.15, -0.1) is 0 Å². The standard InChI is InChI=1S/C14H14N4O2S/c1-8-7-11(18-14(16-8)21-2)13(20)17-10-5-3-9(4-6-10)12(15)19/h3-7H,1-2H3,(H2,15,19)(H,17,20). The van der Waals surface area contributed by atoms with Crippen molar-refractivity contribution in [2.75, 3.05) is 11.6 Å². The van der Waals surface area contributed by atoms with Crippen LogP contribution in [-0.4, -0.2) is 28.0 Å². The van der Waals surface area contributed by atoms with E-state index in [0.717, 1.165) is 5.69 Å². The van der Waals surface area contributed by atoms with Crippen molar-refractivity contribution in [1.29, 1.82) is 0 Å². The quantitative estimate of drug-likeness (QED) is 0.663. The summed E-state index contributed by atoms with van der Waals surface area (Å²) < 4.78 is 0. The number of aryl methyl sites for hydroxylation is 1. The summed E-state index contributed by atoms with van der Waals surface area (Å²) in [4.78, 5) is 31.5. The van der Waals surface area contributed by atoms with Crippen molar-refractivity contribution in [3.05, 3.63) is 47.3 Å². The Kier molecular flexibility index (Phi) is 4.54. The van der Waals surface area contributed by atoms with Crippen molar-refractivity contribution >= 4 is 29.3 Å². The van der Waals surface area contributed by atoms with Crippen LogP contribution in [0.25, 0.3) is 0 Å². The number of hydrogen-bond acceptors (Lipinski definition) is 5. The highest BCUT2D eigenvalue weighted by Gasteiger charge is 2.11. The Morgan fingerprint density at radius 2 is 1.86 bits per heavy atom. The third-order valence-corrected chi connectivity index (χ3v) is 3.22. The number of hydrogen-bond donors (Lipinski definition) is 2. The normalized spacial score (nSPS) is 10.2. The Morgan fingerprint density at radius 3 is 2.43 bits per heavy atom. The molecule has 0 fully saturated rings. The van der Waals surface area contributed by atoms with E-state index < -0.39 is 5.91 Å². The van der Waals surface area contributed by atoms with Crippen molar-refractivity contribution in [1.82, 2.24) is 9.97 Å². The fourth-order valence-corrected chi connectivity index (χ4v) is 2.09. The van der Waals surface area contributed by atoms with Crippen LogP contribution >= 0.6 is 11.8 Å². The molecule has 2 amide bonds. The maximum Gasteiger partial charge on any atom is 0.274 e. The second kappa shape index (κ2) is 6.36. The van der Waals surface area contributed by atoms with Gasteiger partial charge in [-0.05, 0) is 43.5 Å². The Hall–Kier alpha value is -2.41. The topological polar surface area (TPSA) is 98.0 Å². The lowest BCUT2D eigenvalue weighted by molar-refractivity contribution is 0.0997. The minimum absolute atomic E-state index is 0.297. The van der Waals surface area contributed by atoms with Crippen LogP contribution in [0.1, 0.15) is 26.5 Å². The third-order valence-electron chi connectivity index (χ3n) is 2.68. The molecule has 1 heterocycles. The lowest BCUT2D eigenvalue weighted by Crippen LogP contribution is -2.15. The maximum atomic E-state index is 12.2. The first-order valence-corrected chi connectivity index (χ1v) is 7.33. The molecule has 0 unspecified atom stereocenters. The first-order chi connectivity index (χ1) is 9.99. The molecule has 1 aromatic heterocycles. The molecule has 2 aromatic rings. The van der Waals surface area contributed by atoms with Crippen LogP contribution in [0.5, 0.6) is 0 Å². The molecule has 0 saturated carbocycles.